The number of benzene rings is 1. The van der Waals surface area contributed by atoms with Crippen molar-refractivity contribution in [1.29, 1.82) is 0 Å². The number of carboxylic acids is 1. The van der Waals surface area contributed by atoms with Gasteiger partial charge in [0.2, 0.25) is 0 Å². The van der Waals surface area contributed by atoms with Gasteiger partial charge in [-0.15, -0.1) is 0 Å². The Balaban J connectivity index is 1.87. The van der Waals surface area contributed by atoms with Crippen molar-refractivity contribution in [3.8, 4) is 5.69 Å². The predicted molar refractivity (Wildman–Crippen MR) is 99.4 cm³/mol. The molecule has 1 aliphatic rings. The summed E-state index contributed by atoms with van der Waals surface area (Å²) >= 11 is 12.3. The molecule has 1 atom stereocenters. The molecule has 1 unspecified atom stereocenters. The first-order valence-corrected chi connectivity index (χ1v) is 9.21. The molecule has 1 aromatic heterocycles. The summed E-state index contributed by atoms with van der Waals surface area (Å²) in [5.41, 5.74) is 2.98. The molecule has 0 saturated carbocycles. The van der Waals surface area contributed by atoms with Crippen molar-refractivity contribution in [2.75, 3.05) is 0 Å². The first kappa shape index (κ1) is 18.7. The molecule has 138 valence electrons. The number of fused-ring (bicyclic) bond motifs is 1. The van der Waals surface area contributed by atoms with Gasteiger partial charge in [0.1, 0.15) is 0 Å². The Morgan fingerprint density at radius 2 is 2.12 bits per heavy atom. The van der Waals surface area contributed by atoms with Gasteiger partial charge in [-0.3, -0.25) is 9.59 Å². The van der Waals surface area contributed by atoms with Crippen LogP contribution in [0.4, 0.5) is 0 Å². The van der Waals surface area contributed by atoms with Crippen molar-refractivity contribution >= 4 is 35.1 Å². The number of carboxylic acid groups (broad SMARTS) is 1. The molecule has 0 fully saturated rings. The van der Waals surface area contributed by atoms with Crippen molar-refractivity contribution in [1.82, 2.24) is 15.1 Å². The van der Waals surface area contributed by atoms with E-state index >= 15 is 0 Å². The number of carbonyl (C=O) groups is 2. The van der Waals surface area contributed by atoms with E-state index in [-0.39, 0.29) is 18.4 Å². The van der Waals surface area contributed by atoms with Crippen LogP contribution in [0.15, 0.2) is 18.2 Å². The van der Waals surface area contributed by atoms with Crippen LogP contribution in [0.2, 0.25) is 10.0 Å². The van der Waals surface area contributed by atoms with E-state index < -0.39 is 5.97 Å². The molecule has 3 rings (SSSR count). The predicted octanol–water partition coefficient (Wildman–Crippen LogP) is 3.65. The van der Waals surface area contributed by atoms with E-state index in [0.717, 1.165) is 30.5 Å². The summed E-state index contributed by atoms with van der Waals surface area (Å²) in [6.07, 6.45) is 2.94. The second-order valence-electron chi connectivity index (χ2n) is 6.44. The quantitative estimate of drug-likeness (QED) is 0.781. The van der Waals surface area contributed by atoms with Crippen LogP contribution in [-0.2, 0) is 17.6 Å². The molecule has 26 heavy (non-hydrogen) atoms. The minimum absolute atomic E-state index is 0.00831. The summed E-state index contributed by atoms with van der Waals surface area (Å²) < 4.78 is 1.72. The number of aromatic nitrogens is 2. The molecule has 0 radical (unpaired) electrons. The fraction of sp³-hybridized carbons (Fsp3) is 0.389. The average Bonchev–Trinajstić information content (AvgIpc) is 3.15. The van der Waals surface area contributed by atoms with Gasteiger partial charge in [-0.25, -0.2) is 4.68 Å². The molecule has 1 amide bonds. The molecule has 0 aliphatic heterocycles. The number of rotatable bonds is 6. The van der Waals surface area contributed by atoms with Gasteiger partial charge in [-0.1, -0.05) is 23.2 Å². The zero-order valence-electron chi connectivity index (χ0n) is 14.3. The van der Waals surface area contributed by atoms with Gasteiger partial charge in [0, 0.05) is 28.7 Å². The SMILES string of the molecule is CC(CCC(=O)O)NC(=O)c1nn(-c2ccc(Cl)cc2Cl)c2c1CCC2. The van der Waals surface area contributed by atoms with Crippen molar-refractivity contribution in [2.45, 2.75) is 45.1 Å². The van der Waals surface area contributed by atoms with E-state index in [2.05, 4.69) is 10.4 Å². The molecule has 1 aromatic carbocycles. The van der Waals surface area contributed by atoms with Crippen LogP contribution in [0, 0.1) is 0 Å². The monoisotopic (exact) mass is 395 g/mol. The van der Waals surface area contributed by atoms with Gasteiger partial charge in [0.15, 0.2) is 5.69 Å². The second kappa shape index (κ2) is 7.68. The summed E-state index contributed by atoms with van der Waals surface area (Å²) in [7, 11) is 0. The van der Waals surface area contributed by atoms with Gasteiger partial charge in [0.05, 0.1) is 10.7 Å². The third kappa shape index (κ3) is 3.86. The summed E-state index contributed by atoms with van der Waals surface area (Å²) in [4.78, 5) is 23.3. The largest absolute Gasteiger partial charge is 0.481 e. The number of amides is 1. The summed E-state index contributed by atoms with van der Waals surface area (Å²) in [6.45, 7) is 1.79. The third-order valence-electron chi connectivity index (χ3n) is 4.45. The molecular formula is C18H19Cl2N3O3. The lowest BCUT2D eigenvalue weighted by molar-refractivity contribution is -0.137. The third-order valence-corrected chi connectivity index (χ3v) is 4.99. The van der Waals surface area contributed by atoms with Crippen molar-refractivity contribution < 1.29 is 14.7 Å². The highest BCUT2D eigenvalue weighted by Crippen LogP contribution is 2.31. The Kier molecular flexibility index (Phi) is 5.53. The van der Waals surface area contributed by atoms with Crippen molar-refractivity contribution in [3.63, 3.8) is 0 Å². The van der Waals surface area contributed by atoms with E-state index in [9.17, 15) is 9.59 Å². The Labute approximate surface area is 161 Å². The normalized spacial score (nSPS) is 14.1. The summed E-state index contributed by atoms with van der Waals surface area (Å²) in [6, 6.07) is 4.92. The van der Waals surface area contributed by atoms with Crippen molar-refractivity contribution in [3.05, 3.63) is 45.2 Å². The highest BCUT2D eigenvalue weighted by molar-refractivity contribution is 6.35. The number of hydrogen-bond acceptors (Lipinski definition) is 3. The maximum absolute atomic E-state index is 12.7. The number of nitrogens with zero attached hydrogens (tertiary/aromatic N) is 2. The van der Waals surface area contributed by atoms with Gasteiger partial charge in [-0.2, -0.15) is 5.10 Å². The van der Waals surface area contributed by atoms with E-state index in [1.54, 1.807) is 29.8 Å². The maximum Gasteiger partial charge on any atom is 0.303 e. The fourth-order valence-corrected chi connectivity index (χ4v) is 3.66. The first-order chi connectivity index (χ1) is 12.4. The van der Waals surface area contributed by atoms with Gasteiger partial charge >= 0.3 is 5.97 Å². The average molecular weight is 396 g/mol. The Morgan fingerprint density at radius 3 is 2.81 bits per heavy atom. The molecule has 2 N–H and O–H groups in total. The summed E-state index contributed by atoms with van der Waals surface area (Å²) in [5, 5.41) is 17.1. The van der Waals surface area contributed by atoms with Crippen LogP contribution < -0.4 is 5.32 Å². The highest BCUT2D eigenvalue weighted by Gasteiger charge is 2.28. The molecule has 6 nitrogen and oxygen atoms in total. The fourth-order valence-electron chi connectivity index (χ4n) is 3.18. The Bertz CT molecular complexity index is 864. The number of nitrogens with one attached hydrogen (secondary N) is 1. The van der Waals surface area contributed by atoms with Crippen molar-refractivity contribution in [2.24, 2.45) is 0 Å². The van der Waals surface area contributed by atoms with E-state index in [1.807, 2.05) is 0 Å². The lowest BCUT2D eigenvalue weighted by atomic mass is 10.1. The van der Waals surface area contributed by atoms with Crippen LogP contribution >= 0.6 is 23.2 Å². The molecular weight excluding hydrogens is 377 g/mol. The Morgan fingerprint density at radius 1 is 1.35 bits per heavy atom. The zero-order valence-corrected chi connectivity index (χ0v) is 15.8. The van der Waals surface area contributed by atoms with E-state index in [1.165, 1.54) is 0 Å². The number of halogens is 2. The molecule has 2 aromatic rings. The molecule has 0 spiro atoms. The minimum atomic E-state index is -0.881. The number of hydrogen-bond donors (Lipinski definition) is 2. The smallest absolute Gasteiger partial charge is 0.303 e. The lowest BCUT2D eigenvalue weighted by Gasteiger charge is -2.12. The van der Waals surface area contributed by atoms with E-state index in [0.29, 0.717) is 27.8 Å². The highest BCUT2D eigenvalue weighted by atomic mass is 35.5. The van der Waals surface area contributed by atoms with Gasteiger partial charge in [0.25, 0.3) is 5.91 Å². The van der Waals surface area contributed by atoms with Gasteiger partial charge < -0.3 is 10.4 Å². The molecule has 0 bridgehead atoms. The Hall–Kier alpha value is -2.05. The van der Waals surface area contributed by atoms with E-state index in [4.69, 9.17) is 28.3 Å². The summed E-state index contributed by atoms with van der Waals surface area (Å²) in [5.74, 6) is -1.17. The van der Waals surface area contributed by atoms with Crippen LogP contribution in [0.1, 0.15) is 47.9 Å². The molecule has 1 heterocycles. The number of carbonyl (C=O) groups excluding carboxylic acids is 1. The maximum atomic E-state index is 12.7. The minimum Gasteiger partial charge on any atom is -0.481 e. The van der Waals surface area contributed by atoms with Crippen LogP contribution in [-0.4, -0.2) is 32.8 Å². The molecule has 8 heteroatoms. The zero-order chi connectivity index (χ0) is 18.8. The molecule has 0 saturated heterocycles. The topological polar surface area (TPSA) is 84.2 Å². The lowest BCUT2D eigenvalue weighted by Crippen LogP contribution is -2.33. The van der Waals surface area contributed by atoms with Crippen LogP contribution in [0.25, 0.3) is 5.69 Å². The number of aliphatic carboxylic acids is 1. The standard InChI is InChI=1S/C18H19Cl2N3O3/c1-10(5-8-16(24)25)21-18(26)17-12-3-2-4-14(12)23(22-17)15-7-6-11(19)9-13(15)20/h6-7,9-10H,2-5,8H2,1H3,(H,21,26)(H,24,25). The second-order valence-corrected chi connectivity index (χ2v) is 7.29. The van der Waals surface area contributed by atoms with Crippen LogP contribution in [0.5, 0.6) is 0 Å². The first-order valence-electron chi connectivity index (χ1n) is 8.45. The van der Waals surface area contributed by atoms with Gasteiger partial charge in [-0.05, 0) is 50.8 Å². The van der Waals surface area contributed by atoms with Crippen LogP contribution in [0.3, 0.4) is 0 Å². The molecule has 1 aliphatic carbocycles.